The van der Waals surface area contributed by atoms with Gasteiger partial charge in [-0.2, -0.15) is 0 Å². The van der Waals surface area contributed by atoms with Crippen molar-refractivity contribution in [1.82, 2.24) is 9.97 Å². The molecule has 2 aromatic heterocycles. The third-order valence-electron chi connectivity index (χ3n) is 2.74. The Labute approximate surface area is 133 Å². The van der Waals surface area contributed by atoms with Gasteiger partial charge in [-0.15, -0.1) is 11.3 Å². The van der Waals surface area contributed by atoms with Crippen molar-refractivity contribution in [3.8, 4) is 0 Å². The first-order valence-corrected chi connectivity index (χ1v) is 8.25. The number of thiazole rings is 1. The zero-order valence-electron chi connectivity index (χ0n) is 12.5. The molecule has 21 heavy (non-hydrogen) atoms. The normalized spacial score (nSPS) is 12.6. The molecule has 0 amide bonds. The maximum absolute atomic E-state index is 4.61. The highest BCUT2D eigenvalue weighted by Crippen LogP contribution is 2.31. The van der Waals surface area contributed by atoms with Gasteiger partial charge in [0.15, 0.2) is 5.13 Å². The topological polar surface area (TPSA) is 50.2 Å². The minimum absolute atomic E-state index is 0.808. The van der Waals surface area contributed by atoms with E-state index >= 15 is 0 Å². The van der Waals surface area contributed by atoms with Crippen molar-refractivity contribution >= 4 is 44.0 Å². The first kappa shape index (κ1) is 15.7. The number of hydrogen-bond acceptors (Lipinski definition) is 6. The van der Waals surface area contributed by atoms with Gasteiger partial charge in [0, 0.05) is 23.5 Å². The summed E-state index contributed by atoms with van der Waals surface area (Å²) < 4.78 is 0. The zero-order chi connectivity index (χ0) is 15.2. The summed E-state index contributed by atoms with van der Waals surface area (Å²) in [5.74, 6) is 0.808. The Morgan fingerprint density at radius 3 is 2.86 bits per heavy atom. The monoisotopic (exact) mass is 318 g/mol. The predicted molar refractivity (Wildman–Crippen MR) is 94.6 cm³/mol. The summed E-state index contributed by atoms with van der Waals surface area (Å²) in [6.45, 7) is 6.03. The molecular weight excluding hydrogens is 300 g/mol. The van der Waals surface area contributed by atoms with E-state index in [-0.39, 0.29) is 0 Å². The van der Waals surface area contributed by atoms with E-state index in [9.17, 15) is 0 Å². The van der Waals surface area contributed by atoms with E-state index < -0.39 is 0 Å². The Balaban J connectivity index is 2.12. The first-order valence-electron chi connectivity index (χ1n) is 6.55. The molecule has 2 rings (SSSR count). The van der Waals surface area contributed by atoms with Crippen molar-refractivity contribution in [3.63, 3.8) is 0 Å². The molecule has 0 aliphatic rings. The molecule has 0 unspecified atom stereocenters. The lowest BCUT2D eigenvalue weighted by Crippen LogP contribution is -1.93. The summed E-state index contributed by atoms with van der Waals surface area (Å²) in [6.07, 6.45) is 3.90. The van der Waals surface area contributed by atoms with Crippen LogP contribution >= 0.6 is 23.1 Å². The van der Waals surface area contributed by atoms with Gasteiger partial charge >= 0.3 is 0 Å². The van der Waals surface area contributed by atoms with Crippen LogP contribution in [0.5, 0.6) is 0 Å². The van der Waals surface area contributed by atoms with Crippen LogP contribution in [0.4, 0.5) is 10.9 Å². The molecule has 0 aromatic carbocycles. The molecule has 2 heterocycles. The number of aromatic nitrogens is 2. The fourth-order valence-electron chi connectivity index (χ4n) is 1.56. The molecule has 0 fully saturated rings. The number of rotatable bonds is 4. The second-order valence-corrected chi connectivity index (χ2v) is 6.47. The average Bonchev–Trinajstić information content (AvgIpc) is 2.95. The molecule has 6 heteroatoms. The molecular formula is C15H18N4S2. The fraction of sp³-hybridized carbons (Fsp3) is 0.267. The number of anilines is 2. The highest BCUT2D eigenvalue weighted by Gasteiger charge is 2.09. The van der Waals surface area contributed by atoms with Crippen LogP contribution in [-0.2, 0) is 0 Å². The summed E-state index contributed by atoms with van der Waals surface area (Å²) in [7, 11) is 1.80. The highest BCUT2D eigenvalue weighted by molar-refractivity contribution is 8.21. The minimum Gasteiger partial charge on any atom is -0.316 e. The predicted octanol–water partition coefficient (Wildman–Crippen LogP) is 4.73. The molecule has 0 atom stereocenters. The van der Waals surface area contributed by atoms with Gasteiger partial charge in [0.25, 0.3) is 0 Å². The smallest absolute Gasteiger partial charge is 0.188 e. The molecule has 4 nitrogen and oxygen atoms in total. The molecule has 0 spiro atoms. The van der Waals surface area contributed by atoms with Crippen molar-refractivity contribution in [2.24, 2.45) is 4.99 Å². The maximum atomic E-state index is 4.61. The van der Waals surface area contributed by atoms with Gasteiger partial charge in [-0.05, 0) is 32.4 Å². The van der Waals surface area contributed by atoms with E-state index in [1.165, 1.54) is 0 Å². The number of nitrogens with zero attached hydrogens (tertiary/aromatic N) is 3. The minimum atomic E-state index is 0.808. The van der Waals surface area contributed by atoms with Crippen LogP contribution < -0.4 is 5.32 Å². The van der Waals surface area contributed by atoms with E-state index in [0.29, 0.717) is 0 Å². The maximum Gasteiger partial charge on any atom is 0.188 e. The zero-order valence-corrected chi connectivity index (χ0v) is 14.2. The fourth-order valence-corrected chi connectivity index (χ4v) is 3.09. The Bertz CT molecular complexity index is 657. The molecule has 0 radical (unpaired) electrons. The number of nitrogens with one attached hydrogen (secondary N) is 1. The van der Waals surface area contributed by atoms with Gasteiger partial charge < -0.3 is 5.32 Å². The lowest BCUT2D eigenvalue weighted by atomic mass is 10.3. The van der Waals surface area contributed by atoms with Crippen LogP contribution in [0.2, 0.25) is 0 Å². The van der Waals surface area contributed by atoms with E-state index in [1.54, 1.807) is 30.1 Å². The van der Waals surface area contributed by atoms with Crippen molar-refractivity contribution < 1.29 is 0 Å². The molecule has 2 aromatic rings. The number of thioether (sulfide) groups is 1. The van der Waals surface area contributed by atoms with Crippen LogP contribution in [0.3, 0.4) is 0 Å². The molecule has 0 saturated heterocycles. The average molecular weight is 318 g/mol. The van der Waals surface area contributed by atoms with Crippen molar-refractivity contribution in [3.05, 3.63) is 41.0 Å². The first-order chi connectivity index (χ1) is 10.1. The molecule has 0 aliphatic heterocycles. The van der Waals surface area contributed by atoms with E-state index in [2.05, 4.69) is 26.4 Å². The number of hydrogen-bond donors (Lipinski definition) is 1. The summed E-state index contributed by atoms with van der Waals surface area (Å²) in [5.41, 5.74) is 2.10. The Morgan fingerprint density at radius 2 is 2.24 bits per heavy atom. The van der Waals surface area contributed by atoms with Crippen molar-refractivity contribution in [1.29, 1.82) is 0 Å². The van der Waals surface area contributed by atoms with E-state index in [4.69, 9.17) is 0 Å². The van der Waals surface area contributed by atoms with Gasteiger partial charge in [0.05, 0.1) is 10.7 Å². The van der Waals surface area contributed by atoms with Crippen LogP contribution in [0.25, 0.3) is 4.91 Å². The number of allylic oxidation sites excluding steroid dienone is 1. The quantitative estimate of drug-likeness (QED) is 0.654. The summed E-state index contributed by atoms with van der Waals surface area (Å²) in [4.78, 5) is 14.2. The number of pyridine rings is 1. The number of aryl methyl sites for hydroxylation is 1. The lowest BCUT2D eigenvalue weighted by molar-refractivity contribution is 1.24. The second-order valence-electron chi connectivity index (χ2n) is 4.38. The van der Waals surface area contributed by atoms with Crippen molar-refractivity contribution in [2.75, 3.05) is 12.4 Å². The van der Waals surface area contributed by atoms with Gasteiger partial charge in [0.1, 0.15) is 5.82 Å². The number of aliphatic imine (C=N–C) groups is 1. The van der Waals surface area contributed by atoms with Crippen LogP contribution in [0, 0.1) is 6.92 Å². The largest absolute Gasteiger partial charge is 0.316 e. The third-order valence-corrected chi connectivity index (χ3v) is 4.64. The van der Waals surface area contributed by atoms with E-state index in [1.807, 2.05) is 44.5 Å². The van der Waals surface area contributed by atoms with Crippen LogP contribution in [0.15, 0.2) is 34.8 Å². The highest BCUT2D eigenvalue weighted by atomic mass is 32.2. The molecule has 1 N–H and O–H groups in total. The summed E-state index contributed by atoms with van der Waals surface area (Å²) >= 11 is 3.20. The Hall–Kier alpha value is -1.66. The van der Waals surface area contributed by atoms with E-state index in [0.717, 1.165) is 32.2 Å². The standard InChI is InChI=1S/C15H18N4S2/c1-5-13(21-11(3)16-4)12-9-20-15(18-12)19-14-7-6-10(2)8-17-14/h5-9H,1-4H3,(H,17,18,19)/b13-5+,16-11?. The Morgan fingerprint density at radius 1 is 1.43 bits per heavy atom. The van der Waals surface area contributed by atoms with Gasteiger partial charge in [-0.1, -0.05) is 23.9 Å². The molecule has 0 bridgehead atoms. The van der Waals surface area contributed by atoms with Crippen LogP contribution in [-0.4, -0.2) is 22.1 Å². The van der Waals surface area contributed by atoms with Gasteiger partial charge in [-0.25, -0.2) is 9.97 Å². The van der Waals surface area contributed by atoms with Gasteiger partial charge in [-0.3, -0.25) is 4.99 Å². The molecule has 0 saturated carbocycles. The third kappa shape index (κ3) is 4.41. The summed E-state index contributed by atoms with van der Waals surface area (Å²) in [6, 6.07) is 3.98. The van der Waals surface area contributed by atoms with Crippen LogP contribution in [0.1, 0.15) is 25.1 Å². The summed E-state index contributed by atoms with van der Waals surface area (Å²) in [5, 5.41) is 7.13. The van der Waals surface area contributed by atoms with Crippen molar-refractivity contribution in [2.45, 2.75) is 20.8 Å². The van der Waals surface area contributed by atoms with Gasteiger partial charge in [0.2, 0.25) is 0 Å². The SMILES string of the molecule is C/C=C(/SC(C)=NC)c1csc(Nc2ccc(C)cn2)n1. The molecule has 0 aliphatic carbocycles. The lowest BCUT2D eigenvalue weighted by Gasteiger charge is -2.03. The second kappa shape index (κ2) is 7.38. The Kier molecular flexibility index (Phi) is 5.52. The molecule has 110 valence electrons.